The van der Waals surface area contributed by atoms with Crippen LogP contribution in [0, 0.1) is 5.92 Å². The molecule has 0 spiro atoms. The van der Waals surface area contributed by atoms with Crippen molar-refractivity contribution in [3.8, 4) is 34.3 Å². The largest absolute Gasteiger partial charge is 0.508 e. The van der Waals surface area contributed by atoms with Gasteiger partial charge in [0.15, 0.2) is 18.0 Å². The molecule has 256 valence electrons. The molecular formula is C31H36O16. The number of phenols is 2. The summed E-state index contributed by atoms with van der Waals surface area (Å²) in [6.45, 7) is 3.87. The Labute approximate surface area is 266 Å². The van der Waals surface area contributed by atoms with Crippen molar-refractivity contribution in [3.05, 3.63) is 46.6 Å². The van der Waals surface area contributed by atoms with E-state index in [0.717, 1.165) is 6.07 Å². The molecule has 2 aliphatic heterocycles. The van der Waals surface area contributed by atoms with Crippen molar-refractivity contribution in [3.63, 3.8) is 0 Å². The summed E-state index contributed by atoms with van der Waals surface area (Å²) in [4.78, 5) is 26.1. The second kappa shape index (κ2) is 13.6. The number of hydrogen-bond acceptors (Lipinski definition) is 16. The standard InChI is InChI=1S/C31H36O16/c1-11(2)29(41)46-27-20(35)12(3)42-31(25(27)40)43-15-8-16(34)19-17(9-15)44-26(13-4-6-14(33)7-5-13)28(22(19)37)47-30-24(39)23(38)21(36)18(10-32)45-30/h4-9,11-12,18,20-21,23-25,27,30-36,38-40H,10H2,1-3H3/t12-,18+,20-,21-,23-,24+,25+,27+,30-,31-/m0/s1. The molecule has 8 N–H and O–H groups in total. The van der Waals surface area contributed by atoms with E-state index in [1.54, 1.807) is 13.8 Å². The number of phenolic OH excluding ortho intramolecular Hbond substituents is 2. The van der Waals surface area contributed by atoms with Gasteiger partial charge in [-0.2, -0.15) is 0 Å². The van der Waals surface area contributed by atoms with Crippen LogP contribution in [0.5, 0.6) is 23.0 Å². The third kappa shape index (κ3) is 6.72. The van der Waals surface area contributed by atoms with E-state index < -0.39 is 102 Å². The van der Waals surface area contributed by atoms with E-state index in [1.807, 2.05) is 0 Å². The molecule has 2 saturated heterocycles. The lowest BCUT2D eigenvalue weighted by Crippen LogP contribution is -2.60. The fraction of sp³-hybridized carbons (Fsp3) is 0.484. The van der Waals surface area contributed by atoms with Crippen molar-refractivity contribution < 1.29 is 73.7 Å². The number of aromatic hydroxyl groups is 2. The molecule has 0 amide bonds. The smallest absolute Gasteiger partial charge is 0.308 e. The van der Waals surface area contributed by atoms with Crippen molar-refractivity contribution in [2.45, 2.75) is 82.2 Å². The molecule has 10 atom stereocenters. The molecule has 3 aromatic rings. The molecule has 2 aromatic carbocycles. The monoisotopic (exact) mass is 664 g/mol. The lowest BCUT2D eigenvalue weighted by molar-refractivity contribution is -0.277. The van der Waals surface area contributed by atoms with Gasteiger partial charge in [0.2, 0.25) is 23.8 Å². The van der Waals surface area contributed by atoms with Crippen LogP contribution in [0.2, 0.25) is 0 Å². The zero-order valence-electron chi connectivity index (χ0n) is 25.4. The summed E-state index contributed by atoms with van der Waals surface area (Å²) in [6, 6.07) is 7.52. The van der Waals surface area contributed by atoms with E-state index in [-0.39, 0.29) is 28.4 Å². The maximum Gasteiger partial charge on any atom is 0.308 e. The molecule has 0 radical (unpaired) electrons. The van der Waals surface area contributed by atoms with Crippen molar-refractivity contribution >= 4 is 16.9 Å². The van der Waals surface area contributed by atoms with Crippen LogP contribution >= 0.6 is 0 Å². The third-order valence-electron chi connectivity index (χ3n) is 7.88. The summed E-state index contributed by atoms with van der Waals surface area (Å²) in [5.74, 6) is -3.06. The highest BCUT2D eigenvalue weighted by Crippen LogP contribution is 2.38. The zero-order chi connectivity index (χ0) is 34.3. The van der Waals surface area contributed by atoms with Gasteiger partial charge in [0.1, 0.15) is 58.7 Å². The minimum Gasteiger partial charge on any atom is -0.508 e. The summed E-state index contributed by atoms with van der Waals surface area (Å²) in [6.07, 6.45) is -15.5. The van der Waals surface area contributed by atoms with E-state index >= 15 is 0 Å². The first-order valence-corrected chi connectivity index (χ1v) is 14.7. The molecule has 1 aromatic heterocycles. The van der Waals surface area contributed by atoms with Crippen LogP contribution in [0.4, 0.5) is 0 Å². The average molecular weight is 665 g/mol. The summed E-state index contributed by atoms with van der Waals surface area (Å²) >= 11 is 0. The number of hydrogen-bond donors (Lipinski definition) is 8. The lowest BCUT2D eigenvalue weighted by atomic mass is 9.99. The minimum absolute atomic E-state index is 0.121. The molecule has 0 bridgehead atoms. The van der Waals surface area contributed by atoms with E-state index in [0.29, 0.717) is 0 Å². The van der Waals surface area contributed by atoms with Gasteiger partial charge in [-0.25, -0.2) is 0 Å². The highest BCUT2D eigenvalue weighted by molar-refractivity contribution is 5.88. The van der Waals surface area contributed by atoms with Gasteiger partial charge in [0.25, 0.3) is 0 Å². The van der Waals surface area contributed by atoms with Gasteiger partial charge in [-0.05, 0) is 31.2 Å². The van der Waals surface area contributed by atoms with Crippen LogP contribution < -0.4 is 14.9 Å². The Morgan fingerprint density at radius 1 is 0.872 bits per heavy atom. The van der Waals surface area contributed by atoms with Crippen LogP contribution in [-0.4, -0.2) is 115 Å². The normalized spacial score (nSPS) is 31.1. The molecule has 47 heavy (non-hydrogen) atoms. The fourth-order valence-electron chi connectivity index (χ4n) is 5.15. The number of fused-ring (bicyclic) bond motifs is 1. The summed E-state index contributed by atoms with van der Waals surface area (Å²) in [7, 11) is 0. The summed E-state index contributed by atoms with van der Waals surface area (Å²) in [5.41, 5.74) is -1.05. The maximum atomic E-state index is 13.8. The molecule has 16 heteroatoms. The van der Waals surface area contributed by atoms with Crippen LogP contribution in [0.25, 0.3) is 22.3 Å². The van der Waals surface area contributed by atoms with Crippen LogP contribution in [0.15, 0.2) is 45.6 Å². The quantitative estimate of drug-likeness (QED) is 0.141. The zero-order valence-corrected chi connectivity index (χ0v) is 25.4. The molecule has 16 nitrogen and oxygen atoms in total. The van der Waals surface area contributed by atoms with E-state index in [2.05, 4.69) is 0 Å². The number of benzene rings is 2. The molecule has 0 saturated carbocycles. The molecule has 0 aliphatic carbocycles. The first kappa shape index (κ1) is 34.3. The third-order valence-corrected chi connectivity index (χ3v) is 7.88. The predicted octanol–water partition coefficient (Wildman–Crippen LogP) is -0.537. The molecule has 2 aliphatic rings. The van der Waals surface area contributed by atoms with Gasteiger partial charge in [0, 0.05) is 17.7 Å². The van der Waals surface area contributed by atoms with Crippen molar-refractivity contribution in [2.24, 2.45) is 5.92 Å². The maximum absolute atomic E-state index is 13.8. The SMILES string of the molecule is CC(C)C(=O)O[C@@H]1[C@@H](O)[C@H](C)O[C@@H](Oc2cc(O)c3c(=O)c(O[C@@H]4O[C@H](CO)[C@H](O)[C@H](O)[C@H]4O)c(-c4ccc(O)cc4)oc3c2)[C@@H]1O. The van der Waals surface area contributed by atoms with Gasteiger partial charge in [-0.1, -0.05) is 13.8 Å². The Bertz CT molecular complexity index is 1640. The highest BCUT2D eigenvalue weighted by atomic mass is 16.7. The first-order chi connectivity index (χ1) is 22.2. The minimum atomic E-state index is -1.88. The number of esters is 1. The highest BCUT2D eigenvalue weighted by Gasteiger charge is 2.47. The lowest BCUT2D eigenvalue weighted by Gasteiger charge is -2.40. The van der Waals surface area contributed by atoms with E-state index in [9.17, 15) is 50.4 Å². The number of carbonyl (C=O) groups is 1. The molecular weight excluding hydrogens is 628 g/mol. The van der Waals surface area contributed by atoms with Crippen LogP contribution in [0.1, 0.15) is 20.8 Å². The summed E-state index contributed by atoms with van der Waals surface area (Å²) < 4.78 is 33.7. The Balaban J connectivity index is 1.54. The van der Waals surface area contributed by atoms with Crippen molar-refractivity contribution in [1.29, 1.82) is 0 Å². The van der Waals surface area contributed by atoms with Crippen molar-refractivity contribution in [1.82, 2.24) is 0 Å². The number of aliphatic hydroxyl groups is 6. The topological polar surface area (TPSA) is 255 Å². The van der Waals surface area contributed by atoms with Gasteiger partial charge in [-0.15, -0.1) is 0 Å². The number of aliphatic hydroxyl groups excluding tert-OH is 6. The van der Waals surface area contributed by atoms with Gasteiger partial charge in [0.05, 0.1) is 18.6 Å². The van der Waals surface area contributed by atoms with Gasteiger partial charge < -0.3 is 69.0 Å². The molecule has 3 heterocycles. The number of ether oxygens (including phenoxy) is 5. The number of rotatable bonds is 8. The van der Waals surface area contributed by atoms with Crippen LogP contribution in [0.3, 0.4) is 0 Å². The van der Waals surface area contributed by atoms with E-state index in [1.165, 1.54) is 37.3 Å². The van der Waals surface area contributed by atoms with Gasteiger partial charge >= 0.3 is 5.97 Å². The first-order valence-electron chi connectivity index (χ1n) is 14.7. The average Bonchev–Trinajstić information content (AvgIpc) is 3.03. The second-order valence-corrected chi connectivity index (χ2v) is 11.6. The molecule has 2 fully saturated rings. The fourth-order valence-corrected chi connectivity index (χ4v) is 5.15. The van der Waals surface area contributed by atoms with Crippen LogP contribution in [-0.2, 0) is 19.0 Å². The van der Waals surface area contributed by atoms with Gasteiger partial charge in [-0.3, -0.25) is 9.59 Å². The Kier molecular flexibility index (Phi) is 9.95. The predicted molar refractivity (Wildman–Crippen MR) is 157 cm³/mol. The Hall–Kier alpha value is -4.00. The summed E-state index contributed by atoms with van der Waals surface area (Å²) in [5, 5.41) is 82.2. The number of carbonyl (C=O) groups excluding carboxylic acids is 1. The Morgan fingerprint density at radius 2 is 1.53 bits per heavy atom. The Morgan fingerprint density at radius 3 is 2.17 bits per heavy atom. The molecule has 5 rings (SSSR count). The molecule has 0 unspecified atom stereocenters. The van der Waals surface area contributed by atoms with Crippen molar-refractivity contribution in [2.75, 3.05) is 6.61 Å². The van der Waals surface area contributed by atoms with E-state index in [4.69, 9.17) is 28.1 Å². The second-order valence-electron chi connectivity index (χ2n) is 11.6.